The molecule has 0 heterocycles. The molecule has 2 unspecified atom stereocenters. The molecule has 1 aliphatic carbocycles. The van der Waals surface area contributed by atoms with Crippen LogP contribution in [-0.2, 0) is 9.59 Å². The summed E-state index contributed by atoms with van der Waals surface area (Å²) in [5.41, 5.74) is 1.71. The van der Waals surface area contributed by atoms with Gasteiger partial charge < -0.3 is 14.9 Å². The first-order valence-corrected chi connectivity index (χ1v) is 8.13. The summed E-state index contributed by atoms with van der Waals surface area (Å²) in [6, 6.07) is 7.26. The zero-order valence-electron chi connectivity index (χ0n) is 14.7. The first-order chi connectivity index (χ1) is 10.9. The van der Waals surface area contributed by atoms with Crippen LogP contribution in [0.3, 0.4) is 0 Å². The summed E-state index contributed by atoms with van der Waals surface area (Å²) in [5.74, 6) is -1.84. The molecule has 0 radical (unpaired) electrons. The lowest BCUT2D eigenvalue weighted by Crippen LogP contribution is -2.50. The standard InChI is InChI=1S/C12H13NO3.C6H15N/c1-13(2)8-5-3-7(4-6-8)9-10(14)12(16)11(9)15;1-4-7(5-2)6-3/h3-6,9-10,14H,1-2H3;4-6H2,1-3H3. The first-order valence-electron chi connectivity index (χ1n) is 8.13. The average Bonchev–Trinajstić information content (AvgIpc) is 2.57. The van der Waals surface area contributed by atoms with Gasteiger partial charge in [-0.25, -0.2) is 0 Å². The summed E-state index contributed by atoms with van der Waals surface area (Å²) in [5, 5.41) is 9.40. The third kappa shape index (κ3) is 4.62. The van der Waals surface area contributed by atoms with Gasteiger partial charge in [0.1, 0.15) is 6.10 Å². The van der Waals surface area contributed by atoms with E-state index in [9.17, 15) is 14.7 Å². The summed E-state index contributed by atoms with van der Waals surface area (Å²) < 4.78 is 0. The predicted octanol–water partition coefficient (Wildman–Crippen LogP) is 1.70. The molecular weight excluding hydrogens is 292 g/mol. The van der Waals surface area contributed by atoms with Gasteiger partial charge in [-0.2, -0.15) is 0 Å². The monoisotopic (exact) mass is 320 g/mol. The van der Waals surface area contributed by atoms with Crippen LogP contribution in [0.1, 0.15) is 32.3 Å². The largest absolute Gasteiger partial charge is 0.384 e. The van der Waals surface area contributed by atoms with Crippen molar-refractivity contribution in [3.63, 3.8) is 0 Å². The number of nitrogens with zero attached hydrogens (tertiary/aromatic N) is 2. The van der Waals surface area contributed by atoms with Gasteiger partial charge >= 0.3 is 0 Å². The van der Waals surface area contributed by atoms with Gasteiger partial charge in [0, 0.05) is 19.8 Å². The second-order valence-electron chi connectivity index (χ2n) is 5.76. The number of ketones is 2. The highest BCUT2D eigenvalue weighted by Crippen LogP contribution is 2.31. The minimum Gasteiger partial charge on any atom is -0.384 e. The van der Waals surface area contributed by atoms with Crippen molar-refractivity contribution >= 4 is 17.3 Å². The minimum absolute atomic E-state index is 0.495. The zero-order valence-corrected chi connectivity index (χ0v) is 14.7. The number of anilines is 1. The molecule has 128 valence electrons. The number of hydrogen-bond donors (Lipinski definition) is 1. The van der Waals surface area contributed by atoms with Gasteiger partial charge in [-0.15, -0.1) is 0 Å². The molecule has 23 heavy (non-hydrogen) atoms. The SMILES string of the molecule is CCN(CC)CC.CN(C)c1ccc(C2C(=O)C(=O)C2O)cc1. The lowest BCUT2D eigenvalue weighted by atomic mass is 9.74. The summed E-state index contributed by atoms with van der Waals surface area (Å²) >= 11 is 0. The highest BCUT2D eigenvalue weighted by atomic mass is 16.3. The van der Waals surface area contributed by atoms with E-state index >= 15 is 0 Å². The fourth-order valence-corrected chi connectivity index (χ4v) is 2.48. The van der Waals surface area contributed by atoms with Crippen molar-refractivity contribution in [2.45, 2.75) is 32.8 Å². The Kier molecular flexibility index (Phi) is 7.39. The molecule has 0 amide bonds. The molecule has 0 bridgehead atoms. The Morgan fingerprint density at radius 2 is 1.39 bits per heavy atom. The number of aliphatic hydroxyl groups excluding tert-OH is 1. The number of benzene rings is 1. The highest BCUT2D eigenvalue weighted by Gasteiger charge is 2.48. The van der Waals surface area contributed by atoms with Crippen molar-refractivity contribution in [1.29, 1.82) is 0 Å². The van der Waals surface area contributed by atoms with Crippen molar-refractivity contribution in [2.75, 3.05) is 38.6 Å². The van der Waals surface area contributed by atoms with E-state index in [1.807, 2.05) is 31.1 Å². The van der Waals surface area contributed by atoms with Gasteiger partial charge in [-0.05, 0) is 37.3 Å². The number of carbonyl (C=O) groups is 2. The van der Waals surface area contributed by atoms with Gasteiger partial charge in [0.15, 0.2) is 0 Å². The molecular formula is C18H28N2O3. The summed E-state index contributed by atoms with van der Waals surface area (Å²) in [6.45, 7) is 10.1. The molecule has 1 aromatic carbocycles. The number of aliphatic hydroxyl groups is 1. The van der Waals surface area contributed by atoms with Crippen LogP contribution < -0.4 is 4.90 Å². The van der Waals surface area contributed by atoms with Gasteiger partial charge in [0.25, 0.3) is 0 Å². The summed E-state index contributed by atoms with van der Waals surface area (Å²) in [7, 11) is 3.84. The van der Waals surface area contributed by atoms with Crippen LogP contribution in [0, 0.1) is 0 Å². The number of carbonyl (C=O) groups excluding carboxylic acids is 2. The Balaban J connectivity index is 0.000000322. The molecule has 5 heteroatoms. The fraction of sp³-hybridized carbons (Fsp3) is 0.556. The lowest BCUT2D eigenvalue weighted by molar-refractivity contribution is -0.154. The second-order valence-corrected chi connectivity index (χ2v) is 5.76. The van der Waals surface area contributed by atoms with Crippen LogP contribution in [0.5, 0.6) is 0 Å². The Bertz CT molecular complexity index is 516. The van der Waals surface area contributed by atoms with Crippen molar-refractivity contribution < 1.29 is 14.7 Å². The molecule has 1 aromatic rings. The van der Waals surface area contributed by atoms with E-state index in [-0.39, 0.29) is 0 Å². The maximum absolute atomic E-state index is 11.3. The molecule has 2 rings (SSSR count). The van der Waals surface area contributed by atoms with E-state index in [2.05, 4.69) is 25.7 Å². The van der Waals surface area contributed by atoms with Gasteiger partial charge in [0.2, 0.25) is 11.6 Å². The van der Waals surface area contributed by atoms with Crippen LogP contribution in [-0.4, -0.2) is 61.4 Å². The van der Waals surface area contributed by atoms with Crippen molar-refractivity contribution in [3.8, 4) is 0 Å². The molecule has 5 nitrogen and oxygen atoms in total. The number of Topliss-reactive ketones (excluding diaryl/α,β-unsaturated/α-hetero) is 2. The molecule has 2 atom stereocenters. The van der Waals surface area contributed by atoms with E-state index in [4.69, 9.17) is 0 Å². The quantitative estimate of drug-likeness (QED) is 0.837. The molecule has 1 saturated carbocycles. The van der Waals surface area contributed by atoms with Crippen LogP contribution in [0.25, 0.3) is 0 Å². The summed E-state index contributed by atoms with van der Waals surface area (Å²) in [6.07, 6.45) is -1.15. The number of rotatable bonds is 5. The molecule has 0 aliphatic heterocycles. The van der Waals surface area contributed by atoms with Crippen LogP contribution >= 0.6 is 0 Å². The topological polar surface area (TPSA) is 60.9 Å². The lowest BCUT2D eigenvalue weighted by Gasteiger charge is -2.29. The second kappa shape index (κ2) is 8.79. The number of hydrogen-bond acceptors (Lipinski definition) is 5. The third-order valence-corrected chi connectivity index (χ3v) is 4.22. The van der Waals surface area contributed by atoms with E-state index in [0.717, 1.165) is 5.69 Å². The van der Waals surface area contributed by atoms with Gasteiger partial charge in [-0.3, -0.25) is 9.59 Å². The Hall–Kier alpha value is -1.72. The maximum Gasteiger partial charge on any atom is 0.228 e. The Labute approximate surface area is 138 Å². The average molecular weight is 320 g/mol. The van der Waals surface area contributed by atoms with E-state index in [1.165, 1.54) is 19.6 Å². The maximum atomic E-state index is 11.3. The molecule has 0 spiro atoms. The van der Waals surface area contributed by atoms with E-state index in [0.29, 0.717) is 5.56 Å². The zero-order chi connectivity index (χ0) is 17.6. The van der Waals surface area contributed by atoms with Gasteiger partial charge in [0.05, 0.1) is 5.92 Å². The van der Waals surface area contributed by atoms with E-state index < -0.39 is 23.6 Å². The predicted molar refractivity (Wildman–Crippen MR) is 93.0 cm³/mol. The third-order valence-electron chi connectivity index (χ3n) is 4.22. The van der Waals surface area contributed by atoms with Gasteiger partial charge in [-0.1, -0.05) is 32.9 Å². The molecule has 1 aliphatic rings. The fourth-order valence-electron chi connectivity index (χ4n) is 2.48. The van der Waals surface area contributed by atoms with Crippen LogP contribution in [0.2, 0.25) is 0 Å². The Morgan fingerprint density at radius 3 is 1.70 bits per heavy atom. The van der Waals surface area contributed by atoms with Crippen molar-refractivity contribution in [1.82, 2.24) is 4.90 Å². The molecule has 0 saturated heterocycles. The first kappa shape index (κ1) is 19.3. The molecule has 0 aromatic heterocycles. The van der Waals surface area contributed by atoms with Crippen LogP contribution in [0.15, 0.2) is 24.3 Å². The van der Waals surface area contributed by atoms with Crippen molar-refractivity contribution in [3.05, 3.63) is 29.8 Å². The highest BCUT2D eigenvalue weighted by molar-refractivity contribution is 6.48. The van der Waals surface area contributed by atoms with E-state index in [1.54, 1.807) is 12.1 Å². The summed E-state index contributed by atoms with van der Waals surface area (Å²) in [4.78, 5) is 26.5. The van der Waals surface area contributed by atoms with Crippen LogP contribution in [0.4, 0.5) is 5.69 Å². The Morgan fingerprint density at radius 1 is 0.913 bits per heavy atom. The molecule has 1 fully saturated rings. The molecule has 1 N–H and O–H groups in total. The van der Waals surface area contributed by atoms with Crippen molar-refractivity contribution in [2.24, 2.45) is 0 Å². The smallest absolute Gasteiger partial charge is 0.228 e. The normalized spacial score (nSPS) is 20.0. The minimum atomic E-state index is -1.15.